The van der Waals surface area contributed by atoms with Gasteiger partial charge < -0.3 is 10.7 Å². The lowest BCUT2D eigenvalue weighted by molar-refractivity contribution is 0.367. The molecule has 0 aliphatic rings. The first-order valence-corrected chi connectivity index (χ1v) is 5.44. The van der Waals surface area contributed by atoms with Crippen molar-refractivity contribution in [2.45, 2.75) is 19.4 Å². The molecule has 0 saturated heterocycles. The topological polar surface area (TPSA) is 63.8 Å². The Kier molecular flexibility index (Phi) is 2.56. The Bertz CT molecular complexity index is 582. The fourth-order valence-corrected chi connectivity index (χ4v) is 1.95. The molecule has 1 aromatic heterocycles. The quantitative estimate of drug-likeness (QED) is 0.838. The molecule has 0 amide bonds. The average molecular weight is 240 g/mol. The standard InChI is InChI=1S/C11H14ClN3O/c1-11(2,6-13)15-9-4-3-7(12)5-8(9)14-10(15)16/h3-5H,6,13H2,1-2H3,(H,14,16). The van der Waals surface area contributed by atoms with Crippen LogP contribution in [0, 0.1) is 0 Å². The summed E-state index contributed by atoms with van der Waals surface area (Å²) in [7, 11) is 0. The summed E-state index contributed by atoms with van der Waals surface area (Å²) in [5.74, 6) is 0. The number of aromatic amines is 1. The van der Waals surface area contributed by atoms with Gasteiger partial charge in [0.05, 0.1) is 16.6 Å². The fraction of sp³-hybridized carbons (Fsp3) is 0.364. The van der Waals surface area contributed by atoms with Gasteiger partial charge in [0.2, 0.25) is 0 Å². The lowest BCUT2D eigenvalue weighted by atomic mass is 10.1. The number of H-pyrrole nitrogens is 1. The van der Waals surface area contributed by atoms with Crippen molar-refractivity contribution in [2.24, 2.45) is 5.73 Å². The number of hydrogen-bond acceptors (Lipinski definition) is 2. The van der Waals surface area contributed by atoms with E-state index in [0.717, 1.165) is 11.0 Å². The van der Waals surface area contributed by atoms with Gasteiger partial charge in [-0.15, -0.1) is 0 Å². The third-order valence-electron chi connectivity index (χ3n) is 2.75. The van der Waals surface area contributed by atoms with Crippen LogP contribution in [0.15, 0.2) is 23.0 Å². The molecule has 2 rings (SSSR count). The van der Waals surface area contributed by atoms with Gasteiger partial charge >= 0.3 is 5.69 Å². The van der Waals surface area contributed by atoms with Gasteiger partial charge in [-0.2, -0.15) is 0 Å². The Labute approximate surface area is 98.0 Å². The predicted molar refractivity (Wildman–Crippen MR) is 65.9 cm³/mol. The molecule has 0 bridgehead atoms. The molecule has 0 aliphatic carbocycles. The van der Waals surface area contributed by atoms with Crippen molar-refractivity contribution in [1.82, 2.24) is 9.55 Å². The van der Waals surface area contributed by atoms with Gasteiger partial charge in [0.25, 0.3) is 0 Å². The minimum Gasteiger partial charge on any atom is -0.328 e. The Balaban J connectivity index is 2.80. The fourth-order valence-electron chi connectivity index (χ4n) is 1.78. The highest BCUT2D eigenvalue weighted by atomic mass is 35.5. The van der Waals surface area contributed by atoms with Crippen molar-refractivity contribution in [1.29, 1.82) is 0 Å². The number of nitrogens with two attached hydrogens (primary N) is 1. The number of imidazole rings is 1. The molecule has 0 aliphatic heterocycles. The number of fused-ring (bicyclic) bond motifs is 1. The molecule has 5 heteroatoms. The van der Waals surface area contributed by atoms with E-state index in [9.17, 15) is 4.79 Å². The van der Waals surface area contributed by atoms with E-state index in [0.29, 0.717) is 11.6 Å². The average Bonchev–Trinajstić information content (AvgIpc) is 2.53. The highest BCUT2D eigenvalue weighted by Gasteiger charge is 2.22. The van der Waals surface area contributed by atoms with E-state index in [1.807, 2.05) is 19.9 Å². The molecule has 0 radical (unpaired) electrons. The zero-order chi connectivity index (χ0) is 11.9. The summed E-state index contributed by atoms with van der Waals surface area (Å²) in [4.78, 5) is 14.6. The van der Waals surface area contributed by atoms with Crippen LogP contribution < -0.4 is 11.4 Å². The number of hydrogen-bond donors (Lipinski definition) is 2. The first kappa shape index (κ1) is 11.2. The second-order valence-electron chi connectivity index (χ2n) is 4.44. The minimum atomic E-state index is -0.414. The molecule has 0 unspecified atom stereocenters. The Morgan fingerprint density at radius 3 is 2.81 bits per heavy atom. The third kappa shape index (κ3) is 1.64. The number of rotatable bonds is 2. The van der Waals surface area contributed by atoms with Gasteiger partial charge in [0.1, 0.15) is 0 Å². The van der Waals surface area contributed by atoms with Crippen LogP contribution in [-0.4, -0.2) is 16.1 Å². The molecular weight excluding hydrogens is 226 g/mol. The smallest absolute Gasteiger partial charge is 0.327 e. The van der Waals surface area contributed by atoms with Gasteiger partial charge in [-0.3, -0.25) is 4.57 Å². The molecule has 3 N–H and O–H groups in total. The molecule has 1 aromatic carbocycles. The van der Waals surface area contributed by atoms with Gasteiger partial charge in [-0.1, -0.05) is 11.6 Å². The van der Waals surface area contributed by atoms with Crippen molar-refractivity contribution < 1.29 is 0 Å². The maximum Gasteiger partial charge on any atom is 0.327 e. The summed E-state index contributed by atoms with van der Waals surface area (Å²) in [6, 6.07) is 5.33. The molecule has 0 atom stereocenters. The summed E-state index contributed by atoms with van der Waals surface area (Å²) < 4.78 is 1.67. The summed E-state index contributed by atoms with van der Waals surface area (Å²) >= 11 is 5.87. The normalized spacial score (nSPS) is 12.2. The largest absolute Gasteiger partial charge is 0.328 e. The summed E-state index contributed by atoms with van der Waals surface area (Å²) in [5, 5.41) is 0.603. The summed E-state index contributed by atoms with van der Waals surface area (Å²) in [6.45, 7) is 4.25. The van der Waals surface area contributed by atoms with E-state index < -0.39 is 5.54 Å². The molecule has 0 saturated carbocycles. The highest BCUT2D eigenvalue weighted by Crippen LogP contribution is 2.21. The second-order valence-corrected chi connectivity index (χ2v) is 4.88. The SMILES string of the molecule is CC(C)(CN)n1c(=O)[nH]c2cc(Cl)ccc21. The van der Waals surface area contributed by atoms with Gasteiger partial charge in [0, 0.05) is 11.6 Å². The maximum absolute atomic E-state index is 11.9. The number of halogens is 1. The zero-order valence-electron chi connectivity index (χ0n) is 9.25. The van der Waals surface area contributed by atoms with E-state index in [-0.39, 0.29) is 5.69 Å². The molecule has 16 heavy (non-hydrogen) atoms. The Morgan fingerprint density at radius 2 is 2.19 bits per heavy atom. The van der Waals surface area contributed by atoms with Crippen LogP contribution in [0.2, 0.25) is 5.02 Å². The second kappa shape index (κ2) is 3.64. The highest BCUT2D eigenvalue weighted by molar-refractivity contribution is 6.31. The van der Waals surface area contributed by atoms with Crippen molar-refractivity contribution in [2.75, 3.05) is 6.54 Å². The maximum atomic E-state index is 11.9. The number of nitrogens with one attached hydrogen (secondary N) is 1. The van der Waals surface area contributed by atoms with E-state index in [1.165, 1.54) is 0 Å². The molecule has 0 fully saturated rings. The third-order valence-corrected chi connectivity index (χ3v) is 2.98. The molecule has 86 valence electrons. The van der Waals surface area contributed by atoms with Crippen LogP contribution in [0.4, 0.5) is 0 Å². The van der Waals surface area contributed by atoms with Crippen LogP contribution in [0.25, 0.3) is 11.0 Å². The van der Waals surface area contributed by atoms with Gasteiger partial charge in [-0.05, 0) is 32.0 Å². The number of benzene rings is 1. The van der Waals surface area contributed by atoms with Crippen LogP contribution in [-0.2, 0) is 5.54 Å². The summed E-state index contributed by atoms with van der Waals surface area (Å²) in [6.07, 6.45) is 0. The lowest BCUT2D eigenvalue weighted by Crippen LogP contribution is -2.40. The first-order valence-electron chi connectivity index (χ1n) is 5.06. The molecule has 2 aromatic rings. The first-order chi connectivity index (χ1) is 7.45. The molecular formula is C11H14ClN3O. The number of aromatic nitrogens is 2. The van der Waals surface area contributed by atoms with Crippen LogP contribution in [0.5, 0.6) is 0 Å². The molecule has 0 spiro atoms. The van der Waals surface area contributed by atoms with Crippen LogP contribution >= 0.6 is 11.6 Å². The lowest BCUT2D eigenvalue weighted by Gasteiger charge is -2.24. The molecule has 1 heterocycles. The summed E-state index contributed by atoms with van der Waals surface area (Å²) in [5.41, 5.74) is 6.67. The Morgan fingerprint density at radius 1 is 1.50 bits per heavy atom. The van der Waals surface area contributed by atoms with E-state index >= 15 is 0 Å². The molecule has 4 nitrogen and oxygen atoms in total. The number of nitrogens with zero attached hydrogens (tertiary/aromatic N) is 1. The van der Waals surface area contributed by atoms with E-state index in [4.69, 9.17) is 17.3 Å². The monoisotopic (exact) mass is 239 g/mol. The van der Waals surface area contributed by atoms with E-state index in [1.54, 1.807) is 16.7 Å². The van der Waals surface area contributed by atoms with Crippen molar-refractivity contribution in [3.05, 3.63) is 33.7 Å². The van der Waals surface area contributed by atoms with Crippen molar-refractivity contribution in [3.8, 4) is 0 Å². The van der Waals surface area contributed by atoms with Crippen molar-refractivity contribution in [3.63, 3.8) is 0 Å². The zero-order valence-corrected chi connectivity index (χ0v) is 10.0. The van der Waals surface area contributed by atoms with Crippen LogP contribution in [0.1, 0.15) is 13.8 Å². The minimum absolute atomic E-state index is 0.160. The van der Waals surface area contributed by atoms with E-state index in [2.05, 4.69) is 4.98 Å². The van der Waals surface area contributed by atoms with Gasteiger partial charge in [0.15, 0.2) is 0 Å². The van der Waals surface area contributed by atoms with Gasteiger partial charge in [-0.25, -0.2) is 4.79 Å². The van der Waals surface area contributed by atoms with Crippen LogP contribution in [0.3, 0.4) is 0 Å². The Hall–Kier alpha value is -1.26. The predicted octanol–water partition coefficient (Wildman–Crippen LogP) is 1.68. The van der Waals surface area contributed by atoms with Crippen molar-refractivity contribution >= 4 is 22.6 Å².